The van der Waals surface area contributed by atoms with Gasteiger partial charge in [-0.05, 0) is 55.8 Å². The summed E-state index contributed by atoms with van der Waals surface area (Å²) in [4.78, 5) is 2.75. The topological polar surface area (TPSA) is 17.4 Å². The third-order valence-electron chi connectivity index (χ3n) is 5.93. The van der Waals surface area contributed by atoms with E-state index in [9.17, 15) is 0 Å². The van der Waals surface area contributed by atoms with Gasteiger partial charge in [0.1, 0.15) is 5.75 Å². The average molecular weight is 282 g/mol. The van der Waals surface area contributed by atoms with Crippen molar-refractivity contribution in [2.45, 2.75) is 38.3 Å². The molecular formula is C18H22N2O. The van der Waals surface area contributed by atoms with E-state index in [2.05, 4.69) is 27.7 Å². The van der Waals surface area contributed by atoms with Gasteiger partial charge in [0.25, 0.3) is 0 Å². The van der Waals surface area contributed by atoms with Crippen molar-refractivity contribution in [2.75, 3.05) is 20.2 Å². The predicted octanol–water partition coefficient (Wildman–Crippen LogP) is 3.36. The Labute approximate surface area is 125 Å². The van der Waals surface area contributed by atoms with Crippen LogP contribution in [-0.4, -0.2) is 29.7 Å². The van der Waals surface area contributed by atoms with Gasteiger partial charge in [-0.1, -0.05) is 0 Å². The first-order chi connectivity index (χ1) is 10.4. The molecule has 4 heterocycles. The molecule has 0 unspecified atom stereocenters. The Morgan fingerprint density at radius 1 is 1.14 bits per heavy atom. The number of hydrogen-bond donors (Lipinski definition) is 0. The van der Waals surface area contributed by atoms with Gasteiger partial charge < -0.3 is 9.30 Å². The number of hydrogen-bond acceptors (Lipinski definition) is 2. The van der Waals surface area contributed by atoms with Gasteiger partial charge in [-0.2, -0.15) is 0 Å². The molecule has 0 spiro atoms. The van der Waals surface area contributed by atoms with Gasteiger partial charge in [0.05, 0.1) is 18.7 Å². The average Bonchev–Trinajstić information content (AvgIpc) is 2.87. The van der Waals surface area contributed by atoms with Crippen LogP contribution < -0.4 is 4.74 Å². The minimum Gasteiger partial charge on any atom is -0.497 e. The lowest BCUT2D eigenvalue weighted by molar-refractivity contribution is 0.0577. The summed E-state index contributed by atoms with van der Waals surface area (Å²) in [5.41, 5.74) is 4.66. The highest BCUT2D eigenvalue weighted by molar-refractivity contribution is 5.87. The number of aryl methyl sites for hydroxylation is 1. The Balaban J connectivity index is 1.79. The van der Waals surface area contributed by atoms with Crippen LogP contribution >= 0.6 is 0 Å². The Morgan fingerprint density at radius 2 is 2.10 bits per heavy atom. The molecule has 2 aromatic rings. The summed E-state index contributed by atoms with van der Waals surface area (Å²) in [6, 6.07) is 7.33. The van der Waals surface area contributed by atoms with E-state index in [0.29, 0.717) is 6.04 Å². The molecule has 0 N–H and O–H groups in total. The smallest absolute Gasteiger partial charge is 0.120 e. The van der Waals surface area contributed by atoms with Crippen molar-refractivity contribution in [3.8, 4) is 5.75 Å². The van der Waals surface area contributed by atoms with Crippen molar-refractivity contribution in [2.24, 2.45) is 5.92 Å². The second kappa shape index (κ2) is 4.26. The summed E-state index contributed by atoms with van der Waals surface area (Å²) in [7, 11) is 1.76. The van der Waals surface area contributed by atoms with Crippen LogP contribution in [-0.2, 0) is 13.0 Å². The van der Waals surface area contributed by atoms with Gasteiger partial charge in [-0.25, -0.2) is 0 Å². The first-order valence-electron chi connectivity index (χ1n) is 8.30. The van der Waals surface area contributed by atoms with Crippen molar-refractivity contribution in [3.63, 3.8) is 0 Å². The number of piperidine rings is 1. The van der Waals surface area contributed by atoms with Crippen LogP contribution in [0.3, 0.4) is 0 Å². The number of ether oxygens (including phenoxy) is 1. The van der Waals surface area contributed by atoms with Gasteiger partial charge in [0, 0.05) is 30.2 Å². The van der Waals surface area contributed by atoms with Crippen molar-refractivity contribution >= 4 is 10.9 Å². The predicted molar refractivity (Wildman–Crippen MR) is 83.8 cm³/mol. The molecule has 110 valence electrons. The zero-order valence-corrected chi connectivity index (χ0v) is 12.6. The molecule has 0 bridgehead atoms. The molecule has 3 nitrogen and oxygen atoms in total. The number of rotatable bonds is 1. The van der Waals surface area contributed by atoms with Gasteiger partial charge in [-0.15, -0.1) is 0 Å². The third kappa shape index (κ3) is 1.53. The molecule has 21 heavy (non-hydrogen) atoms. The Bertz CT molecular complexity index is 712. The Kier molecular flexibility index (Phi) is 2.46. The second-order valence-electron chi connectivity index (χ2n) is 6.82. The van der Waals surface area contributed by atoms with E-state index in [1.54, 1.807) is 18.4 Å². The van der Waals surface area contributed by atoms with Gasteiger partial charge in [0.15, 0.2) is 0 Å². The highest BCUT2D eigenvalue weighted by atomic mass is 16.5. The first kappa shape index (κ1) is 12.1. The standard InChI is InChI=1S/C18H22N2O/c1-21-13-4-5-14-15-7-9-19-8-2-3-12-6-10-20(16(14)11-13)18(15)17(12)19/h4-5,11-12,17H,2-3,6-10H2,1H3/t12-,17-/m1/s1. The van der Waals surface area contributed by atoms with Crippen molar-refractivity contribution in [1.29, 1.82) is 0 Å². The SMILES string of the molecule is COc1ccc2c3c4n(c2c1)CC[C@H]1CCCN(CC3)[C@@H]41. The van der Waals surface area contributed by atoms with Crippen LogP contribution in [0.2, 0.25) is 0 Å². The molecule has 1 saturated heterocycles. The van der Waals surface area contributed by atoms with Crippen molar-refractivity contribution < 1.29 is 4.74 Å². The molecule has 1 aromatic carbocycles. The Hall–Kier alpha value is -1.48. The fourth-order valence-corrected chi connectivity index (χ4v) is 5.04. The molecule has 3 aliphatic heterocycles. The number of nitrogens with zero attached hydrogens (tertiary/aromatic N) is 2. The minimum absolute atomic E-state index is 0.689. The quantitative estimate of drug-likeness (QED) is 0.798. The van der Waals surface area contributed by atoms with Gasteiger partial charge in [-0.3, -0.25) is 4.90 Å². The van der Waals surface area contributed by atoms with Gasteiger partial charge in [0.2, 0.25) is 0 Å². The molecule has 0 radical (unpaired) electrons. The van der Waals surface area contributed by atoms with E-state index in [-0.39, 0.29) is 0 Å². The van der Waals surface area contributed by atoms with Gasteiger partial charge >= 0.3 is 0 Å². The molecule has 2 atom stereocenters. The summed E-state index contributed by atoms with van der Waals surface area (Å²) in [6.45, 7) is 3.73. The molecule has 0 amide bonds. The lowest BCUT2D eigenvalue weighted by Gasteiger charge is -2.47. The van der Waals surface area contributed by atoms with Crippen LogP contribution in [0.4, 0.5) is 0 Å². The first-order valence-corrected chi connectivity index (χ1v) is 8.30. The van der Waals surface area contributed by atoms with E-state index in [1.165, 1.54) is 56.2 Å². The van der Waals surface area contributed by atoms with Crippen LogP contribution in [0.1, 0.15) is 36.6 Å². The highest BCUT2D eigenvalue weighted by Crippen LogP contribution is 2.48. The van der Waals surface area contributed by atoms with E-state index < -0.39 is 0 Å². The zero-order valence-electron chi connectivity index (χ0n) is 12.6. The van der Waals surface area contributed by atoms with Crippen LogP contribution in [0, 0.1) is 5.92 Å². The van der Waals surface area contributed by atoms with Crippen LogP contribution in [0.25, 0.3) is 10.9 Å². The minimum atomic E-state index is 0.689. The number of fused-ring (bicyclic) bond motifs is 3. The van der Waals surface area contributed by atoms with E-state index in [4.69, 9.17) is 4.74 Å². The Morgan fingerprint density at radius 3 is 3.00 bits per heavy atom. The maximum atomic E-state index is 5.45. The van der Waals surface area contributed by atoms with Crippen molar-refractivity contribution in [3.05, 3.63) is 29.5 Å². The number of methoxy groups -OCH3 is 1. The van der Waals surface area contributed by atoms with Crippen LogP contribution in [0.5, 0.6) is 5.75 Å². The number of benzene rings is 1. The number of aromatic nitrogens is 1. The third-order valence-corrected chi connectivity index (χ3v) is 5.93. The molecule has 3 heteroatoms. The van der Waals surface area contributed by atoms with Crippen molar-refractivity contribution in [1.82, 2.24) is 9.47 Å². The summed E-state index contributed by atoms with van der Waals surface area (Å²) in [5.74, 6) is 1.87. The second-order valence-corrected chi connectivity index (χ2v) is 6.82. The monoisotopic (exact) mass is 282 g/mol. The summed E-state index contributed by atoms with van der Waals surface area (Å²) in [6.07, 6.45) is 5.37. The van der Waals surface area contributed by atoms with E-state index >= 15 is 0 Å². The lowest BCUT2D eigenvalue weighted by Crippen LogP contribution is -2.46. The molecule has 1 fully saturated rings. The molecule has 3 aliphatic rings. The fraction of sp³-hybridized carbons (Fsp3) is 0.556. The summed E-state index contributed by atoms with van der Waals surface area (Å²) < 4.78 is 8.05. The molecular weight excluding hydrogens is 260 g/mol. The summed E-state index contributed by atoms with van der Waals surface area (Å²) >= 11 is 0. The zero-order chi connectivity index (χ0) is 14.0. The van der Waals surface area contributed by atoms with E-state index in [0.717, 1.165) is 11.7 Å². The molecule has 5 rings (SSSR count). The largest absolute Gasteiger partial charge is 0.497 e. The fourth-order valence-electron chi connectivity index (χ4n) is 5.04. The lowest BCUT2D eigenvalue weighted by atomic mass is 9.79. The highest BCUT2D eigenvalue weighted by Gasteiger charge is 2.41. The summed E-state index contributed by atoms with van der Waals surface area (Å²) in [5, 5.41) is 1.47. The molecule has 0 saturated carbocycles. The van der Waals surface area contributed by atoms with E-state index in [1.807, 2.05) is 0 Å². The molecule has 0 aliphatic carbocycles. The van der Waals surface area contributed by atoms with Crippen LogP contribution in [0.15, 0.2) is 18.2 Å². The molecule has 1 aromatic heterocycles. The maximum absolute atomic E-state index is 5.45. The normalized spacial score (nSPS) is 27.7. The maximum Gasteiger partial charge on any atom is 0.120 e.